The highest BCUT2D eigenvalue weighted by atomic mass is 32.1. The molecule has 0 spiro atoms. The van der Waals surface area contributed by atoms with E-state index < -0.39 is 60.2 Å². The lowest BCUT2D eigenvalue weighted by molar-refractivity contribution is -0.143. The van der Waals surface area contributed by atoms with Crippen molar-refractivity contribution < 1.29 is 34.2 Å². The molecule has 1 aromatic rings. The molecule has 0 saturated carbocycles. The molecule has 0 bridgehead atoms. The molecule has 0 saturated heterocycles. The number of nitrogens with two attached hydrogens (primary N) is 1. The highest BCUT2D eigenvalue weighted by Gasteiger charge is 2.32. The predicted octanol–water partition coefficient (Wildman–Crippen LogP) is -0.0639. The van der Waals surface area contributed by atoms with Crippen LogP contribution in [0.15, 0.2) is 30.3 Å². The van der Waals surface area contributed by atoms with Crippen molar-refractivity contribution in [2.75, 3.05) is 5.75 Å². The molecule has 1 rings (SSSR count). The third-order valence-corrected chi connectivity index (χ3v) is 5.90. The molecule has 0 heterocycles. The number of nitrogens with one attached hydrogen (secondary N) is 3. The van der Waals surface area contributed by atoms with E-state index in [1.165, 1.54) is 0 Å². The Kier molecular flexibility index (Phi) is 12.8. The number of carbonyl (C=O) groups excluding carboxylic acids is 3. The minimum absolute atomic E-state index is 0.00430. The van der Waals surface area contributed by atoms with Gasteiger partial charge in [-0.05, 0) is 17.9 Å². The van der Waals surface area contributed by atoms with Crippen molar-refractivity contribution in [2.45, 2.75) is 63.7 Å². The number of carboxylic acids is 2. The first-order valence-corrected chi connectivity index (χ1v) is 11.9. The summed E-state index contributed by atoms with van der Waals surface area (Å²) in [7, 11) is 0. The minimum atomic E-state index is -1.28. The van der Waals surface area contributed by atoms with E-state index in [0.29, 0.717) is 12.0 Å². The second kappa shape index (κ2) is 15.0. The maximum atomic E-state index is 13.1. The van der Waals surface area contributed by atoms with Crippen LogP contribution in [0.2, 0.25) is 0 Å². The first kappa shape index (κ1) is 29.9. The van der Waals surface area contributed by atoms with Gasteiger partial charge in [0, 0.05) is 18.6 Å². The van der Waals surface area contributed by atoms with Crippen molar-refractivity contribution in [2.24, 2.45) is 11.7 Å². The average molecular weight is 511 g/mol. The molecule has 0 aliphatic carbocycles. The third-order valence-electron chi connectivity index (χ3n) is 5.51. The van der Waals surface area contributed by atoms with E-state index in [4.69, 9.17) is 10.8 Å². The van der Waals surface area contributed by atoms with Crippen molar-refractivity contribution in [3.05, 3.63) is 35.9 Å². The number of carboxylic acid groups (broad SMARTS) is 2. The SMILES string of the molecule is CCC(C)C(NC(=O)C(Cc1ccccc1)NC(=O)C(CCC(=O)O)NC(=O)C(N)CS)C(=O)O. The Hall–Kier alpha value is -3.12. The van der Waals surface area contributed by atoms with Crippen LogP contribution in [0, 0.1) is 5.92 Å². The number of thiol groups is 1. The number of hydrogen-bond donors (Lipinski definition) is 7. The highest BCUT2D eigenvalue weighted by Crippen LogP contribution is 2.10. The molecule has 1 aromatic carbocycles. The van der Waals surface area contributed by atoms with E-state index in [-0.39, 0.29) is 24.5 Å². The molecule has 0 fully saturated rings. The Bertz CT molecular complexity index is 884. The van der Waals surface area contributed by atoms with E-state index in [9.17, 15) is 29.1 Å². The van der Waals surface area contributed by atoms with Gasteiger partial charge in [-0.2, -0.15) is 12.6 Å². The molecule has 35 heavy (non-hydrogen) atoms. The summed E-state index contributed by atoms with van der Waals surface area (Å²) >= 11 is 3.94. The minimum Gasteiger partial charge on any atom is -0.481 e. The number of carbonyl (C=O) groups is 5. The fraction of sp³-hybridized carbons (Fsp3) is 0.522. The maximum Gasteiger partial charge on any atom is 0.326 e. The van der Waals surface area contributed by atoms with Crippen molar-refractivity contribution in [3.63, 3.8) is 0 Å². The third kappa shape index (κ3) is 10.4. The maximum absolute atomic E-state index is 13.1. The molecule has 3 amide bonds. The Labute approximate surface area is 209 Å². The molecule has 11 nitrogen and oxygen atoms in total. The summed E-state index contributed by atoms with van der Waals surface area (Å²) in [6.45, 7) is 3.48. The van der Waals surface area contributed by atoms with Gasteiger partial charge >= 0.3 is 11.9 Å². The Morgan fingerprint density at radius 2 is 1.51 bits per heavy atom. The van der Waals surface area contributed by atoms with Crippen molar-refractivity contribution in [1.82, 2.24) is 16.0 Å². The fourth-order valence-electron chi connectivity index (χ4n) is 3.17. The van der Waals surface area contributed by atoms with Crippen LogP contribution in [0.4, 0.5) is 0 Å². The number of benzene rings is 1. The quantitative estimate of drug-likeness (QED) is 0.160. The van der Waals surface area contributed by atoms with Gasteiger partial charge in [-0.25, -0.2) is 4.79 Å². The molecule has 5 atom stereocenters. The normalized spacial score (nSPS) is 15.1. The summed E-state index contributed by atoms with van der Waals surface area (Å²) in [6, 6.07) is 4.12. The van der Waals surface area contributed by atoms with E-state index in [0.717, 1.165) is 0 Å². The second-order valence-corrected chi connectivity index (χ2v) is 8.61. The lowest BCUT2D eigenvalue weighted by atomic mass is 9.98. The second-order valence-electron chi connectivity index (χ2n) is 8.24. The molecule has 0 aliphatic heterocycles. The summed E-state index contributed by atoms with van der Waals surface area (Å²) in [4.78, 5) is 61.1. The van der Waals surface area contributed by atoms with Crippen LogP contribution in [-0.2, 0) is 30.4 Å². The highest BCUT2D eigenvalue weighted by molar-refractivity contribution is 7.80. The van der Waals surface area contributed by atoms with Crippen LogP contribution in [0.25, 0.3) is 0 Å². The van der Waals surface area contributed by atoms with Crippen LogP contribution >= 0.6 is 12.6 Å². The summed E-state index contributed by atoms with van der Waals surface area (Å²) < 4.78 is 0. The standard InChI is InChI=1S/C23H34N4O7S/c1-3-13(2)19(23(33)34)27-22(32)17(11-14-7-5-4-6-8-14)26-21(31)16(9-10-18(28)29)25-20(30)15(24)12-35/h4-8,13,15-17,19,35H,3,9-12,24H2,1-2H3,(H,25,30)(H,26,31)(H,27,32)(H,28,29)(H,33,34). The van der Waals surface area contributed by atoms with Crippen molar-refractivity contribution in [3.8, 4) is 0 Å². The molecule has 194 valence electrons. The van der Waals surface area contributed by atoms with Gasteiger partial charge in [0.2, 0.25) is 17.7 Å². The lowest BCUT2D eigenvalue weighted by Gasteiger charge is -2.26. The zero-order chi connectivity index (χ0) is 26.5. The smallest absolute Gasteiger partial charge is 0.326 e. The van der Waals surface area contributed by atoms with Crippen molar-refractivity contribution in [1.29, 1.82) is 0 Å². The summed E-state index contributed by atoms with van der Waals surface area (Å²) in [5.74, 6) is -4.95. The van der Waals surface area contributed by atoms with Gasteiger partial charge in [0.05, 0.1) is 6.04 Å². The topological polar surface area (TPSA) is 188 Å². The predicted molar refractivity (Wildman–Crippen MR) is 132 cm³/mol. The Balaban J connectivity index is 3.15. The van der Waals surface area contributed by atoms with Gasteiger partial charge in [-0.1, -0.05) is 50.6 Å². The zero-order valence-corrected chi connectivity index (χ0v) is 20.7. The van der Waals surface area contributed by atoms with Gasteiger partial charge in [-0.15, -0.1) is 0 Å². The van der Waals surface area contributed by atoms with Gasteiger partial charge in [-0.3, -0.25) is 19.2 Å². The number of hydrogen-bond acceptors (Lipinski definition) is 7. The molecule has 5 unspecified atom stereocenters. The molecular formula is C23H34N4O7S. The fourth-order valence-corrected chi connectivity index (χ4v) is 3.33. The van der Waals surface area contributed by atoms with Crippen LogP contribution < -0.4 is 21.7 Å². The van der Waals surface area contributed by atoms with E-state index in [2.05, 4.69) is 28.6 Å². The zero-order valence-electron chi connectivity index (χ0n) is 19.8. The van der Waals surface area contributed by atoms with Crippen molar-refractivity contribution >= 4 is 42.3 Å². The number of aliphatic carboxylic acids is 2. The van der Waals surface area contributed by atoms with Crippen LogP contribution in [0.5, 0.6) is 0 Å². The van der Waals surface area contributed by atoms with Gasteiger partial charge < -0.3 is 31.9 Å². The van der Waals surface area contributed by atoms with Gasteiger partial charge in [0.1, 0.15) is 18.1 Å². The summed E-state index contributed by atoms with van der Waals surface area (Å²) in [5, 5.41) is 26.0. The number of amides is 3. The van der Waals surface area contributed by atoms with Crippen LogP contribution in [-0.4, -0.2) is 69.8 Å². The van der Waals surface area contributed by atoms with E-state index in [1.807, 2.05) is 0 Å². The molecule has 0 aromatic heterocycles. The largest absolute Gasteiger partial charge is 0.481 e. The molecule has 7 N–H and O–H groups in total. The Morgan fingerprint density at radius 3 is 2.03 bits per heavy atom. The first-order valence-electron chi connectivity index (χ1n) is 11.3. The van der Waals surface area contributed by atoms with Crippen LogP contribution in [0.3, 0.4) is 0 Å². The van der Waals surface area contributed by atoms with E-state index >= 15 is 0 Å². The molecule has 0 radical (unpaired) electrons. The number of rotatable bonds is 15. The van der Waals surface area contributed by atoms with E-state index in [1.54, 1.807) is 44.2 Å². The Morgan fingerprint density at radius 1 is 0.943 bits per heavy atom. The summed E-state index contributed by atoms with van der Waals surface area (Å²) in [6.07, 6.45) is -0.113. The first-order chi connectivity index (χ1) is 16.5. The molecular weight excluding hydrogens is 476 g/mol. The monoisotopic (exact) mass is 510 g/mol. The summed E-state index contributed by atoms with van der Waals surface area (Å²) in [5.41, 5.74) is 6.34. The molecule has 12 heteroatoms. The van der Waals surface area contributed by atoms with Crippen LogP contribution in [0.1, 0.15) is 38.7 Å². The van der Waals surface area contributed by atoms with Gasteiger partial charge in [0.25, 0.3) is 0 Å². The van der Waals surface area contributed by atoms with Gasteiger partial charge in [0.15, 0.2) is 0 Å². The average Bonchev–Trinajstić information content (AvgIpc) is 2.83. The lowest BCUT2D eigenvalue weighted by Crippen LogP contribution is -2.58. The molecule has 0 aliphatic rings.